The van der Waals surface area contributed by atoms with Crippen LogP contribution >= 0.6 is 24.0 Å². The molecule has 2 heterocycles. The van der Waals surface area contributed by atoms with Crippen LogP contribution in [-0.4, -0.2) is 19.6 Å². The summed E-state index contributed by atoms with van der Waals surface area (Å²) in [4.78, 5) is 21.9. The van der Waals surface area contributed by atoms with Crippen molar-refractivity contribution in [3.63, 3.8) is 0 Å². The highest BCUT2D eigenvalue weighted by Crippen LogP contribution is 2.28. The van der Waals surface area contributed by atoms with Gasteiger partial charge in [-0.3, -0.25) is 14.3 Å². The first-order valence-corrected chi connectivity index (χ1v) is 7.94. The van der Waals surface area contributed by atoms with Crippen molar-refractivity contribution in [2.45, 2.75) is 0 Å². The summed E-state index contributed by atoms with van der Waals surface area (Å²) in [5.41, 5.74) is 1.54. The molecule has 0 saturated heterocycles. The summed E-state index contributed by atoms with van der Waals surface area (Å²) in [5, 5.41) is 10.7. The number of nitrogens with zero attached hydrogens (tertiary/aromatic N) is 3. The third-order valence-corrected chi connectivity index (χ3v) is 4.20. The summed E-state index contributed by atoms with van der Waals surface area (Å²) in [7, 11) is 0. The number of benzene rings is 2. The van der Waals surface area contributed by atoms with Crippen LogP contribution < -0.4 is 5.56 Å². The predicted octanol–water partition coefficient (Wildman–Crippen LogP) is 4.23. The van der Waals surface area contributed by atoms with E-state index in [0.29, 0.717) is 28.0 Å². The third kappa shape index (κ3) is 3.03. The van der Waals surface area contributed by atoms with Gasteiger partial charge in [0.05, 0.1) is 21.6 Å². The highest BCUT2D eigenvalue weighted by atomic mass is 35.5. The van der Waals surface area contributed by atoms with Crippen LogP contribution in [-0.2, 0) is 0 Å². The van der Waals surface area contributed by atoms with E-state index in [1.54, 1.807) is 48.8 Å². The molecule has 0 spiro atoms. The molecule has 1 N–H and O–H groups in total. The van der Waals surface area contributed by atoms with Crippen LogP contribution in [0, 0.1) is 0 Å². The molecule has 0 saturated carbocycles. The number of pyridine rings is 1. The van der Waals surface area contributed by atoms with Crippen LogP contribution in [0.3, 0.4) is 0 Å². The van der Waals surface area contributed by atoms with Crippen LogP contribution in [0.2, 0.25) is 5.02 Å². The summed E-state index contributed by atoms with van der Waals surface area (Å²) in [5.74, 6) is 0.342. The molecule has 7 heteroatoms. The van der Waals surface area contributed by atoms with E-state index in [1.165, 1.54) is 10.6 Å². The van der Waals surface area contributed by atoms with Crippen molar-refractivity contribution in [2.24, 2.45) is 0 Å². The fourth-order valence-corrected chi connectivity index (χ4v) is 2.82. The summed E-state index contributed by atoms with van der Waals surface area (Å²) in [6.07, 6.45) is 3.30. The molecule has 0 aliphatic heterocycles. The molecule has 0 bridgehead atoms. The van der Waals surface area contributed by atoms with Gasteiger partial charge in [-0.25, -0.2) is 4.98 Å². The van der Waals surface area contributed by atoms with E-state index in [4.69, 9.17) is 11.6 Å². The zero-order valence-electron chi connectivity index (χ0n) is 13.3. The highest BCUT2D eigenvalue weighted by molar-refractivity contribution is 6.32. The quantitative estimate of drug-likeness (QED) is 0.560. The number of aromatic nitrogens is 3. The topological polar surface area (TPSA) is 68.0 Å². The molecule has 2 aromatic carbocycles. The highest BCUT2D eigenvalue weighted by Gasteiger charge is 2.15. The van der Waals surface area contributed by atoms with Crippen molar-refractivity contribution in [3.05, 3.63) is 82.4 Å². The van der Waals surface area contributed by atoms with Crippen molar-refractivity contribution in [3.8, 4) is 22.8 Å². The fraction of sp³-hybridized carbons (Fsp3) is 0. The first kappa shape index (κ1) is 17.9. The Labute approximate surface area is 160 Å². The standard InChI is InChI=1S/C19H12ClN3O2.ClH/c20-15-8-7-13(10-17(15)24)23-18(12-4-3-9-21-11-12)22-16-6-2-1-5-14(16)19(23)25;/h1-11,24H;1H. The van der Waals surface area contributed by atoms with Gasteiger partial charge in [-0.1, -0.05) is 23.7 Å². The molecular formula is C19H13Cl2N3O2. The zero-order chi connectivity index (χ0) is 17.4. The van der Waals surface area contributed by atoms with Gasteiger partial charge in [0.1, 0.15) is 11.6 Å². The number of phenolic OH excluding ortho intramolecular Hbond substituents is 1. The fourth-order valence-electron chi connectivity index (χ4n) is 2.70. The van der Waals surface area contributed by atoms with Crippen molar-refractivity contribution in [2.75, 3.05) is 0 Å². The lowest BCUT2D eigenvalue weighted by atomic mass is 10.2. The van der Waals surface area contributed by atoms with Crippen LogP contribution in [0.5, 0.6) is 5.75 Å². The van der Waals surface area contributed by atoms with Crippen molar-refractivity contribution < 1.29 is 5.11 Å². The molecule has 130 valence electrons. The Morgan fingerprint density at radius 3 is 2.58 bits per heavy atom. The summed E-state index contributed by atoms with van der Waals surface area (Å²) in [6, 6.07) is 15.4. The van der Waals surface area contributed by atoms with Crippen molar-refractivity contribution in [1.29, 1.82) is 0 Å². The van der Waals surface area contributed by atoms with Gasteiger partial charge in [0.15, 0.2) is 0 Å². The Balaban J connectivity index is 0.00000196. The minimum absolute atomic E-state index is 0. The lowest BCUT2D eigenvalue weighted by Crippen LogP contribution is -2.22. The number of phenols is 1. The second kappa shape index (κ2) is 7.15. The lowest BCUT2D eigenvalue weighted by molar-refractivity contribution is 0.475. The molecule has 0 atom stereocenters. The molecule has 0 amide bonds. The van der Waals surface area contributed by atoms with E-state index in [0.717, 1.165) is 0 Å². The molecule has 26 heavy (non-hydrogen) atoms. The summed E-state index contributed by atoms with van der Waals surface area (Å²) < 4.78 is 1.45. The Morgan fingerprint density at radius 2 is 1.85 bits per heavy atom. The van der Waals surface area contributed by atoms with Gasteiger partial charge >= 0.3 is 0 Å². The number of aromatic hydroxyl groups is 1. The number of hydrogen-bond acceptors (Lipinski definition) is 4. The molecule has 4 rings (SSSR count). The number of hydrogen-bond donors (Lipinski definition) is 1. The molecule has 4 aromatic rings. The molecule has 2 aromatic heterocycles. The Hall–Kier alpha value is -2.89. The minimum Gasteiger partial charge on any atom is -0.506 e. The monoisotopic (exact) mass is 385 g/mol. The molecule has 5 nitrogen and oxygen atoms in total. The Bertz CT molecular complexity index is 1140. The maximum absolute atomic E-state index is 13.1. The second-order valence-electron chi connectivity index (χ2n) is 5.47. The molecule has 0 unspecified atom stereocenters. The van der Waals surface area contributed by atoms with Crippen LogP contribution in [0.15, 0.2) is 71.8 Å². The van der Waals surface area contributed by atoms with Gasteiger partial charge in [0, 0.05) is 24.0 Å². The normalized spacial score (nSPS) is 10.5. The molecule has 0 radical (unpaired) electrons. The van der Waals surface area contributed by atoms with Gasteiger partial charge < -0.3 is 5.11 Å². The third-order valence-electron chi connectivity index (χ3n) is 3.88. The lowest BCUT2D eigenvalue weighted by Gasteiger charge is -2.14. The maximum atomic E-state index is 13.1. The maximum Gasteiger partial charge on any atom is 0.266 e. The van der Waals surface area contributed by atoms with Gasteiger partial charge in [-0.15, -0.1) is 12.4 Å². The SMILES string of the molecule is Cl.O=c1c2ccccc2nc(-c2cccnc2)n1-c1ccc(Cl)c(O)c1. The predicted molar refractivity (Wildman–Crippen MR) is 104 cm³/mol. The zero-order valence-corrected chi connectivity index (χ0v) is 14.9. The Morgan fingerprint density at radius 1 is 1.04 bits per heavy atom. The number of halogens is 2. The second-order valence-corrected chi connectivity index (χ2v) is 5.88. The van der Waals surface area contributed by atoms with E-state index in [-0.39, 0.29) is 28.7 Å². The first-order valence-electron chi connectivity index (χ1n) is 7.56. The average Bonchev–Trinajstić information content (AvgIpc) is 2.65. The smallest absolute Gasteiger partial charge is 0.266 e. The van der Waals surface area contributed by atoms with Gasteiger partial charge in [0.2, 0.25) is 0 Å². The van der Waals surface area contributed by atoms with Crippen LogP contribution in [0.25, 0.3) is 28.0 Å². The van der Waals surface area contributed by atoms with Gasteiger partial charge in [0.25, 0.3) is 5.56 Å². The number of para-hydroxylation sites is 1. The van der Waals surface area contributed by atoms with E-state index < -0.39 is 0 Å². The van der Waals surface area contributed by atoms with Gasteiger partial charge in [-0.2, -0.15) is 0 Å². The van der Waals surface area contributed by atoms with E-state index in [1.807, 2.05) is 12.1 Å². The van der Waals surface area contributed by atoms with Crippen LogP contribution in [0.4, 0.5) is 0 Å². The van der Waals surface area contributed by atoms with E-state index in [2.05, 4.69) is 9.97 Å². The van der Waals surface area contributed by atoms with Gasteiger partial charge in [-0.05, 0) is 36.4 Å². The summed E-state index contributed by atoms with van der Waals surface area (Å²) in [6.45, 7) is 0. The van der Waals surface area contributed by atoms with Crippen LogP contribution in [0.1, 0.15) is 0 Å². The first-order chi connectivity index (χ1) is 12.1. The summed E-state index contributed by atoms with van der Waals surface area (Å²) >= 11 is 5.90. The van der Waals surface area contributed by atoms with Crippen molar-refractivity contribution >= 4 is 34.9 Å². The molecular weight excluding hydrogens is 373 g/mol. The average molecular weight is 386 g/mol. The number of rotatable bonds is 2. The minimum atomic E-state index is -0.230. The molecule has 0 aliphatic carbocycles. The van der Waals surface area contributed by atoms with E-state index >= 15 is 0 Å². The van der Waals surface area contributed by atoms with E-state index in [9.17, 15) is 9.90 Å². The molecule has 0 aliphatic rings. The number of fused-ring (bicyclic) bond motifs is 1. The Kier molecular flexibility index (Phi) is 4.93. The largest absolute Gasteiger partial charge is 0.506 e. The van der Waals surface area contributed by atoms with Crippen molar-refractivity contribution in [1.82, 2.24) is 14.5 Å². The molecule has 0 fully saturated rings.